The largest absolute Gasteiger partial charge is 0.277 e. The van der Waals surface area contributed by atoms with Gasteiger partial charge in [0.2, 0.25) is 0 Å². The SMILES string of the molecule is CCCCCc1ccc(C(C)=NNC(=O)c2ccc[n+](C)c2)cc1. The third-order valence-corrected chi connectivity index (χ3v) is 3.97. The minimum atomic E-state index is -0.207. The van der Waals surface area contributed by atoms with Gasteiger partial charge in [0.25, 0.3) is 5.91 Å². The van der Waals surface area contributed by atoms with Crippen molar-refractivity contribution in [3.63, 3.8) is 0 Å². The second kappa shape index (κ2) is 8.96. The molecule has 1 aromatic heterocycles. The van der Waals surface area contributed by atoms with E-state index in [9.17, 15) is 4.79 Å². The molecule has 0 saturated carbocycles. The summed E-state index contributed by atoms with van der Waals surface area (Å²) in [6.45, 7) is 4.12. The first-order valence-corrected chi connectivity index (χ1v) is 8.49. The summed E-state index contributed by atoms with van der Waals surface area (Å²) in [6.07, 6.45) is 8.51. The van der Waals surface area contributed by atoms with Crippen molar-refractivity contribution in [1.29, 1.82) is 0 Å². The predicted octanol–water partition coefficient (Wildman–Crippen LogP) is 3.40. The van der Waals surface area contributed by atoms with E-state index in [2.05, 4.69) is 41.7 Å². The molecule has 126 valence electrons. The first-order valence-electron chi connectivity index (χ1n) is 8.49. The lowest BCUT2D eigenvalue weighted by atomic mass is 10.0. The van der Waals surface area contributed by atoms with Crippen LogP contribution in [0.25, 0.3) is 0 Å². The van der Waals surface area contributed by atoms with Crippen molar-refractivity contribution in [2.75, 3.05) is 0 Å². The van der Waals surface area contributed by atoms with Crippen LogP contribution >= 0.6 is 0 Å². The Labute approximate surface area is 144 Å². The van der Waals surface area contributed by atoms with Gasteiger partial charge in [-0.15, -0.1) is 0 Å². The molecular weight excluding hydrogens is 298 g/mol. The zero-order valence-corrected chi connectivity index (χ0v) is 14.7. The van der Waals surface area contributed by atoms with Crippen LogP contribution in [-0.2, 0) is 13.5 Å². The molecule has 4 heteroatoms. The summed E-state index contributed by atoms with van der Waals surface area (Å²) < 4.78 is 1.84. The third kappa shape index (κ3) is 5.30. The Morgan fingerprint density at radius 2 is 1.88 bits per heavy atom. The van der Waals surface area contributed by atoms with Crippen LogP contribution in [0.2, 0.25) is 0 Å². The van der Waals surface area contributed by atoms with Gasteiger partial charge in [0, 0.05) is 6.07 Å². The third-order valence-electron chi connectivity index (χ3n) is 3.97. The van der Waals surface area contributed by atoms with Crippen molar-refractivity contribution in [2.45, 2.75) is 39.5 Å². The summed E-state index contributed by atoms with van der Waals surface area (Å²) in [5, 5.41) is 4.21. The number of carbonyl (C=O) groups excluding carboxylic acids is 1. The van der Waals surface area contributed by atoms with Gasteiger partial charge in [0.1, 0.15) is 12.6 Å². The van der Waals surface area contributed by atoms with Crippen molar-refractivity contribution in [2.24, 2.45) is 12.1 Å². The molecule has 0 radical (unpaired) electrons. The topological polar surface area (TPSA) is 45.3 Å². The number of carbonyl (C=O) groups is 1. The molecule has 4 nitrogen and oxygen atoms in total. The maximum Gasteiger partial charge on any atom is 0.277 e. The molecule has 24 heavy (non-hydrogen) atoms. The maximum absolute atomic E-state index is 12.1. The average molecular weight is 324 g/mol. The fraction of sp³-hybridized carbons (Fsp3) is 0.350. The number of amides is 1. The lowest BCUT2D eigenvalue weighted by Crippen LogP contribution is -2.30. The summed E-state index contributed by atoms with van der Waals surface area (Å²) in [6, 6.07) is 12.0. The second-order valence-corrected chi connectivity index (χ2v) is 6.05. The fourth-order valence-corrected chi connectivity index (χ4v) is 2.48. The van der Waals surface area contributed by atoms with E-state index in [-0.39, 0.29) is 5.91 Å². The number of hydrogen-bond acceptors (Lipinski definition) is 2. The minimum absolute atomic E-state index is 0.207. The molecule has 0 aliphatic carbocycles. The van der Waals surface area contributed by atoms with Gasteiger partial charge in [0.15, 0.2) is 12.4 Å². The Morgan fingerprint density at radius 1 is 1.12 bits per heavy atom. The van der Waals surface area contributed by atoms with E-state index in [0.717, 1.165) is 17.7 Å². The molecule has 0 atom stereocenters. The summed E-state index contributed by atoms with van der Waals surface area (Å²) >= 11 is 0. The van der Waals surface area contributed by atoms with E-state index >= 15 is 0 Å². The highest BCUT2D eigenvalue weighted by Gasteiger charge is 2.08. The zero-order chi connectivity index (χ0) is 17.4. The lowest BCUT2D eigenvalue weighted by molar-refractivity contribution is -0.671. The van der Waals surface area contributed by atoms with E-state index in [0.29, 0.717) is 5.56 Å². The maximum atomic E-state index is 12.1. The number of rotatable bonds is 7. The van der Waals surface area contributed by atoms with Crippen molar-refractivity contribution in [3.8, 4) is 0 Å². The van der Waals surface area contributed by atoms with Crippen LogP contribution in [0.15, 0.2) is 53.9 Å². The standard InChI is InChI=1S/C20H25N3O/c1-4-5-6-8-17-10-12-18(13-11-17)16(2)21-22-20(24)19-9-7-14-23(3)15-19/h7,9-15H,4-6,8H2,1-3H3/p+1. The Kier molecular flexibility index (Phi) is 6.67. The number of unbranched alkanes of at least 4 members (excludes halogenated alkanes) is 2. The molecule has 2 aromatic rings. The fourth-order valence-electron chi connectivity index (χ4n) is 2.48. The molecule has 0 unspecified atom stereocenters. The number of aryl methyl sites for hydroxylation is 2. The molecule has 0 aliphatic heterocycles. The van der Waals surface area contributed by atoms with Crippen molar-refractivity contribution in [3.05, 3.63) is 65.5 Å². The Bertz CT molecular complexity index is 705. The van der Waals surface area contributed by atoms with Gasteiger partial charge in [-0.2, -0.15) is 5.10 Å². The van der Waals surface area contributed by atoms with Crippen LogP contribution in [0.1, 0.15) is 54.6 Å². The van der Waals surface area contributed by atoms with Crippen LogP contribution in [0, 0.1) is 0 Å². The average Bonchev–Trinajstić information content (AvgIpc) is 2.60. The van der Waals surface area contributed by atoms with Crippen LogP contribution in [0.4, 0.5) is 0 Å². The predicted molar refractivity (Wildman–Crippen MR) is 97.0 cm³/mol. The number of benzene rings is 1. The number of aromatic nitrogens is 1. The van der Waals surface area contributed by atoms with E-state index in [1.165, 1.54) is 24.8 Å². The number of nitrogens with one attached hydrogen (secondary N) is 1. The molecule has 1 N–H and O–H groups in total. The highest BCUT2D eigenvalue weighted by Crippen LogP contribution is 2.09. The van der Waals surface area contributed by atoms with Crippen LogP contribution in [0.5, 0.6) is 0 Å². The second-order valence-electron chi connectivity index (χ2n) is 6.05. The van der Waals surface area contributed by atoms with Gasteiger partial charge in [-0.1, -0.05) is 44.0 Å². The van der Waals surface area contributed by atoms with E-state index in [4.69, 9.17) is 0 Å². The van der Waals surface area contributed by atoms with Crippen LogP contribution in [0.3, 0.4) is 0 Å². The minimum Gasteiger partial charge on any atom is -0.267 e. The van der Waals surface area contributed by atoms with Crippen molar-refractivity contribution >= 4 is 11.6 Å². The van der Waals surface area contributed by atoms with Crippen molar-refractivity contribution in [1.82, 2.24) is 5.43 Å². The number of nitrogens with zero attached hydrogens (tertiary/aromatic N) is 2. The molecule has 1 heterocycles. The molecule has 1 aromatic carbocycles. The van der Waals surface area contributed by atoms with Gasteiger partial charge >= 0.3 is 0 Å². The van der Waals surface area contributed by atoms with Crippen molar-refractivity contribution < 1.29 is 9.36 Å². The van der Waals surface area contributed by atoms with E-state index < -0.39 is 0 Å². The lowest BCUT2D eigenvalue weighted by Gasteiger charge is -2.05. The van der Waals surface area contributed by atoms with E-state index in [1.54, 1.807) is 12.3 Å². The zero-order valence-electron chi connectivity index (χ0n) is 14.7. The quantitative estimate of drug-likeness (QED) is 0.361. The molecule has 0 aliphatic rings. The first-order chi connectivity index (χ1) is 11.6. The van der Waals surface area contributed by atoms with Crippen LogP contribution in [-0.4, -0.2) is 11.6 Å². The molecule has 2 rings (SSSR count). The summed E-state index contributed by atoms with van der Waals surface area (Å²) in [7, 11) is 1.88. The van der Waals surface area contributed by atoms with Gasteiger partial charge in [0.05, 0.1) is 5.71 Å². The summed E-state index contributed by atoms with van der Waals surface area (Å²) in [4.78, 5) is 12.1. The van der Waals surface area contributed by atoms with Gasteiger partial charge < -0.3 is 0 Å². The molecule has 0 bridgehead atoms. The van der Waals surface area contributed by atoms with Gasteiger partial charge in [-0.25, -0.2) is 9.99 Å². The van der Waals surface area contributed by atoms with Crippen LogP contribution < -0.4 is 9.99 Å². The highest BCUT2D eigenvalue weighted by molar-refractivity contribution is 6.00. The molecule has 0 fully saturated rings. The number of hydrogen-bond donors (Lipinski definition) is 1. The molecular formula is C20H26N3O+. The number of hydrazone groups is 1. The summed E-state index contributed by atoms with van der Waals surface area (Å²) in [5.41, 5.74) is 6.37. The van der Waals surface area contributed by atoms with E-state index in [1.807, 2.05) is 30.8 Å². The molecule has 1 amide bonds. The summed E-state index contributed by atoms with van der Waals surface area (Å²) in [5.74, 6) is -0.207. The molecule has 0 saturated heterocycles. The number of pyridine rings is 1. The highest BCUT2D eigenvalue weighted by atomic mass is 16.2. The Hall–Kier alpha value is -2.49. The first kappa shape index (κ1) is 17.9. The smallest absolute Gasteiger partial charge is 0.267 e. The normalized spacial score (nSPS) is 11.4. The Morgan fingerprint density at radius 3 is 2.54 bits per heavy atom. The monoisotopic (exact) mass is 324 g/mol. The van der Waals surface area contributed by atoms with Gasteiger partial charge in [-0.3, -0.25) is 4.79 Å². The molecule has 0 spiro atoms. The Balaban J connectivity index is 1.96. The van der Waals surface area contributed by atoms with Gasteiger partial charge in [-0.05, 0) is 37.0 Å².